The monoisotopic (exact) mass is 212 g/mol. The predicted octanol–water partition coefficient (Wildman–Crippen LogP) is 0.131. The smallest absolute Gasteiger partial charge is 0.264 e. The van der Waals surface area contributed by atoms with Crippen LogP contribution < -0.4 is 4.72 Å². The van der Waals surface area contributed by atoms with Crippen molar-refractivity contribution in [1.82, 2.24) is 4.72 Å². The number of sulfonamides is 1. The lowest BCUT2D eigenvalue weighted by atomic mass is 10.2. The molecule has 1 heterocycles. The molecule has 0 radical (unpaired) electrons. The van der Waals surface area contributed by atoms with Crippen molar-refractivity contribution >= 4 is 22.0 Å². The van der Waals surface area contributed by atoms with Gasteiger partial charge in [-0.1, -0.05) is 6.07 Å². The molecule has 14 heavy (non-hydrogen) atoms. The summed E-state index contributed by atoms with van der Waals surface area (Å²) in [6, 6.07) is 4.53. The van der Waals surface area contributed by atoms with Gasteiger partial charge in [0.2, 0.25) is 0 Å². The molecule has 1 aromatic carbocycles. The molecule has 2 N–H and O–H groups in total. The number of benzene rings is 1. The second-order valence-corrected chi connectivity index (χ2v) is 4.52. The maximum Gasteiger partial charge on any atom is 0.264 e. The fourth-order valence-corrected chi connectivity index (χ4v) is 2.17. The number of aliphatic imine (C=N–C) groups is 1. The SMILES string of the molecule is O=S1(=O)NC=Nc2cc(CO)ccc21. The van der Waals surface area contributed by atoms with Crippen LogP contribution in [-0.2, 0) is 16.6 Å². The average Bonchev–Trinajstić information content (AvgIpc) is 2.16. The Kier molecular flexibility index (Phi) is 2.01. The molecule has 74 valence electrons. The number of hydrogen-bond donors (Lipinski definition) is 2. The third-order valence-electron chi connectivity index (χ3n) is 1.91. The summed E-state index contributed by atoms with van der Waals surface area (Å²) in [6.45, 7) is -0.129. The van der Waals surface area contributed by atoms with Crippen molar-refractivity contribution in [2.75, 3.05) is 0 Å². The summed E-state index contributed by atoms with van der Waals surface area (Å²) < 4.78 is 25.0. The number of nitrogens with one attached hydrogen (secondary N) is 1. The zero-order valence-corrected chi connectivity index (χ0v) is 7.95. The molecule has 6 heteroatoms. The highest BCUT2D eigenvalue weighted by atomic mass is 32.2. The fourth-order valence-electron chi connectivity index (χ4n) is 1.22. The van der Waals surface area contributed by atoms with Crippen LogP contribution in [0.3, 0.4) is 0 Å². The second-order valence-electron chi connectivity index (χ2n) is 2.84. The topological polar surface area (TPSA) is 78.8 Å². The van der Waals surface area contributed by atoms with Gasteiger partial charge >= 0.3 is 0 Å². The predicted molar refractivity (Wildman–Crippen MR) is 50.8 cm³/mol. The summed E-state index contributed by atoms with van der Waals surface area (Å²) >= 11 is 0. The largest absolute Gasteiger partial charge is 0.392 e. The summed E-state index contributed by atoms with van der Waals surface area (Å²) in [5, 5.41) is 8.85. The summed E-state index contributed by atoms with van der Waals surface area (Å²) in [4.78, 5) is 4.01. The van der Waals surface area contributed by atoms with E-state index < -0.39 is 10.0 Å². The highest BCUT2D eigenvalue weighted by molar-refractivity contribution is 7.90. The number of aliphatic hydroxyl groups excluding tert-OH is 1. The van der Waals surface area contributed by atoms with E-state index >= 15 is 0 Å². The van der Waals surface area contributed by atoms with Gasteiger partial charge in [0.25, 0.3) is 10.0 Å². The highest BCUT2D eigenvalue weighted by Crippen LogP contribution is 2.27. The number of hydrogen-bond acceptors (Lipinski definition) is 4. The van der Waals surface area contributed by atoms with Gasteiger partial charge in [0.15, 0.2) is 0 Å². The normalized spacial score (nSPS) is 17.2. The maximum atomic E-state index is 11.4. The van der Waals surface area contributed by atoms with E-state index in [4.69, 9.17) is 5.11 Å². The molecule has 2 rings (SSSR count). The van der Waals surface area contributed by atoms with Crippen LogP contribution in [0, 0.1) is 0 Å². The molecule has 0 atom stereocenters. The standard InChI is InChI=1S/C8H8N2O3S/c11-4-6-1-2-8-7(3-6)9-5-10-14(8,12)13/h1-3,5,11H,4H2,(H,9,10). The van der Waals surface area contributed by atoms with Crippen LogP contribution in [0.15, 0.2) is 28.1 Å². The van der Waals surface area contributed by atoms with E-state index in [1.165, 1.54) is 6.07 Å². The van der Waals surface area contributed by atoms with Crippen LogP contribution in [0.1, 0.15) is 5.56 Å². The molecule has 0 bridgehead atoms. The van der Waals surface area contributed by atoms with Crippen molar-refractivity contribution in [2.45, 2.75) is 11.5 Å². The first-order valence-electron chi connectivity index (χ1n) is 3.92. The van der Waals surface area contributed by atoms with E-state index in [2.05, 4.69) is 9.71 Å². The van der Waals surface area contributed by atoms with Crippen molar-refractivity contribution in [1.29, 1.82) is 0 Å². The van der Waals surface area contributed by atoms with Crippen molar-refractivity contribution in [2.24, 2.45) is 4.99 Å². The highest BCUT2D eigenvalue weighted by Gasteiger charge is 2.20. The minimum atomic E-state index is -3.45. The summed E-state index contributed by atoms with van der Waals surface area (Å²) in [5.41, 5.74) is 0.994. The van der Waals surface area contributed by atoms with Gasteiger partial charge in [0, 0.05) is 0 Å². The van der Waals surface area contributed by atoms with Gasteiger partial charge in [0.1, 0.15) is 11.2 Å². The van der Waals surface area contributed by atoms with Crippen LogP contribution in [0.4, 0.5) is 5.69 Å². The van der Waals surface area contributed by atoms with Crippen molar-refractivity contribution < 1.29 is 13.5 Å². The third kappa shape index (κ3) is 1.38. The second kappa shape index (κ2) is 3.07. The van der Waals surface area contributed by atoms with E-state index in [1.807, 2.05) is 0 Å². The number of fused-ring (bicyclic) bond motifs is 1. The van der Waals surface area contributed by atoms with Crippen LogP contribution in [0.2, 0.25) is 0 Å². The van der Waals surface area contributed by atoms with Gasteiger partial charge in [-0.15, -0.1) is 0 Å². The van der Waals surface area contributed by atoms with Gasteiger partial charge in [-0.2, -0.15) is 0 Å². The molecule has 0 fully saturated rings. The lowest BCUT2D eigenvalue weighted by Gasteiger charge is -2.12. The van der Waals surface area contributed by atoms with Crippen molar-refractivity contribution in [3.05, 3.63) is 23.8 Å². The van der Waals surface area contributed by atoms with E-state index in [0.29, 0.717) is 11.3 Å². The zero-order valence-electron chi connectivity index (χ0n) is 7.14. The zero-order chi connectivity index (χ0) is 10.2. The van der Waals surface area contributed by atoms with Gasteiger partial charge in [-0.3, -0.25) is 4.72 Å². The van der Waals surface area contributed by atoms with Crippen LogP contribution >= 0.6 is 0 Å². The average molecular weight is 212 g/mol. The molecule has 1 aromatic rings. The van der Waals surface area contributed by atoms with Crippen molar-refractivity contribution in [3.8, 4) is 0 Å². The van der Waals surface area contributed by atoms with E-state index in [9.17, 15) is 8.42 Å². The first-order chi connectivity index (χ1) is 6.63. The van der Waals surface area contributed by atoms with Gasteiger partial charge in [-0.25, -0.2) is 13.4 Å². The molecule has 0 unspecified atom stereocenters. The van der Waals surface area contributed by atoms with E-state index in [0.717, 1.165) is 6.34 Å². The molecule has 1 aliphatic rings. The van der Waals surface area contributed by atoms with Crippen molar-refractivity contribution in [3.63, 3.8) is 0 Å². The summed E-state index contributed by atoms with van der Waals surface area (Å²) in [5.74, 6) is 0. The van der Waals surface area contributed by atoms with Gasteiger partial charge < -0.3 is 5.11 Å². The molecule has 0 saturated carbocycles. The Hall–Kier alpha value is -1.40. The van der Waals surface area contributed by atoms with E-state index in [-0.39, 0.29) is 11.5 Å². The minimum absolute atomic E-state index is 0.129. The summed E-state index contributed by atoms with van der Waals surface area (Å²) in [7, 11) is -3.45. The molecule has 0 amide bonds. The Morgan fingerprint density at radius 2 is 2.21 bits per heavy atom. The van der Waals surface area contributed by atoms with Crippen LogP contribution in [0.5, 0.6) is 0 Å². The van der Waals surface area contributed by atoms with Crippen LogP contribution in [0.25, 0.3) is 0 Å². The Bertz CT molecular complexity index is 493. The Morgan fingerprint density at radius 3 is 2.93 bits per heavy atom. The number of aliphatic hydroxyl groups is 1. The lowest BCUT2D eigenvalue weighted by Crippen LogP contribution is -2.24. The number of nitrogens with zero attached hydrogens (tertiary/aromatic N) is 1. The fraction of sp³-hybridized carbons (Fsp3) is 0.125. The minimum Gasteiger partial charge on any atom is -0.392 e. The Balaban J connectivity index is 2.65. The first kappa shape index (κ1) is 9.17. The quantitative estimate of drug-likeness (QED) is 0.694. The molecule has 0 aliphatic carbocycles. The molecule has 0 aromatic heterocycles. The molecule has 0 saturated heterocycles. The molecule has 1 aliphatic heterocycles. The molecular formula is C8H8N2O3S. The van der Waals surface area contributed by atoms with E-state index in [1.54, 1.807) is 12.1 Å². The maximum absolute atomic E-state index is 11.4. The molecular weight excluding hydrogens is 204 g/mol. The van der Waals surface area contributed by atoms with Gasteiger partial charge in [-0.05, 0) is 17.7 Å². The number of rotatable bonds is 1. The first-order valence-corrected chi connectivity index (χ1v) is 5.40. The lowest BCUT2D eigenvalue weighted by molar-refractivity contribution is 0.282. The Morgan fingerprint density at radius 1 is 1.43 bits per heavy atom. The summed E-state index contributed by atoms with van der Waals surface area (Å²) in [6.07, 6.45) is 1.12. The molecule has 0 spiro atoms. The Labute approximate surface area is 81.2 Å². The molecule has 5 nitrogen and oxygen atoms in total. The third-order valence-corrected chi connectivity index (χ3v) is 3.25. The van der Waals surface area contributed by atoms with Gasteiger partial charge in [0.05, 0.1) is 12.3 Å². The van der Waals surface area contributed by atoms with Crippen LogP contribution in [-0.4, -0.2) is 19.9 Å².